The minimum atomic E-state index is -0.577. The van der Waals surface area contributed by atoms with Gasteiger partial charge in [0.1, 0.15) is 11.6 Å². The third-order valence-corrected chi connectivity index (χ3v) is 2.96. The molecule has 98 valence electrons. The van der Waals surface area contributed by atoms with E-state index in [1.807, 2.05) is 0 Å². The molecule has 0 saturated heterocycles. The molecule has 6 heteroatoms. The SMILES string of the molecule is CC(=O)C(CCCl)Cc1cc(F)ccc1[N+](=O)[O-]. The Labute approximate surface area is 109 Å². The Morgan fingerprint density at radius 2 is 2.22 bits per heavy atom. The van der Waals surface area contributed by atoms with Crippen molar-refractivity contribution in [3.8, 4) is 0 Å². The van der Waals surface area contributed by atoms with Crippen molar-refractivity contribution in [3.05, 3.63) is 39.7 Å². The fourth-order valence-electron chi connectivity index (χ4n) is 1.74. The summed E-state index contributed by atoms with van der Waals surface area (Å²) in [6, 6.07) is 3.25. The van der Waals surface area contributed by atoms with Gasteiger partial charge in [-0.1, -0.05) is 0 Å². The first kappa shape index (κ1) is 14.6. The highest BCUT2D eigenvalue weighted by Crippen LogP contribution is 2.24. The van der Waals surface area contributed by atoms with Crippen LogP contribution in [0.3, 0.4) is 0 Å². The van der Waals surface area contributed by atoms with Gasteiger partial charge < -0.3 is 0 Å². The van der Waals surface area contributed by atoms with Gasteiger partial charge in [-0.2, -0.15) is 0 Å². The Kier molecular flexibility index (Phi) is 5.22. The molecule has 0 bridgehead atoms. The summed E-state index contributed by atoms with van der Waals surface area (Å²) in [7, 11) is 0. The van der Waals surface area contributed by atoms with E-state index >= 15 is 0 Å². The van der Waals surface area contributed by atoms with Crippen LogP contribution in [0.5, 0.6) is 0 Å². The van der Waals surface area contributed by atoms with Crippen LogP contribution in [0.15, 0.2) is 18.2 Å². The highest BCUT2D eigenvalue weighted by Gasteiger charge is 2.21. The number of halogens is 2. The van der Waals surface area contributed by atoms with Gasteiger partial charge in [0, 0.05) is 23.4 Å². The van der Waals surface area contributed by atoms with E-state index in [1.54, 1.807) is 0 Å². The number of hydrogen-bond donors (Lipinski definition) is 0. The largest absolute Gasteiger partial charge is 0.300 e. The van der Waals surface area contributed by atoms with Crippen LogP contribution in [0, 0.1) is 21.8 Å². The standard InChI is InChI=1S/C12H13ClFNO3/c1-8(16)9(4-5-13)6-10-7-11(14)2-3-12(10)15(17)18/h2-3,7,9H,4-6H2,1H3. The van der Waals surface area contributed by atoms with Crippen molar-refractivity contribution in [3.63, 3.8) is 0 Å². The molecular formula is C12H13ClFNO3. The lowest BCUT2D eigenvalue weighted by Gasteiger charge is -2.12. The molecule has 1 aromatic rings. The lowest BCUT2D eigenvalue weighted by molar-refractivity contribution is -0.385. The van der Waals surface area contributed by atoms with Crippen LogP contribution in [0.25, 0.3) is 0 Å². The van der Waals surface area contributed by atoms with E-state index in [-0.39, 0.29) is 29.3 Å². The molecule has 0 aliphatic rings. The van der Waals surface area contributed by atoms with E-state index in [2.05, 4.69) is 0 Å². The van der Waals surface area contributed by atoms with E-state index in [4.69, 9.17) is 11.6 Å². The zero-order valence-corrected chi connectivity index (χ0v) is 10.6. The smallest absolute Gasteiger partial charge is 0.272 e. The third kappa shape index (κ3) is 3.77. The van der Waals surface area contributed by atoms with Gasteiger partial charge in [-0.05, 0) is 31.9 Å². The minimum absolute atomic E-state index is 0.103. The fraction of sp³-hybridized carbons (Fsp3) is 0.417. The molecule has 0 spiro atoms. The van der Waals surface area contributed by atoms with Crippen LogP contribution >= 0.6 is 11.6 Å². The average molecular weight is 274 g/mol. The quantitative estimate of drug-likeness (QED) is 0.454. The summed E-state index contributed by atoms with van der Waals surface area (Å²) in [5, 5.41) is 10.8. The van der Waals surface area contributed by atoms with Crippen molar-refractivity contribution in [2.24, 2.45) is 5.92 Å². The molecule has 0 N–H and O–H groups in total. The number of carbonyl (C=O) groups is 1. The first-order valence-corrected chi connectivity index (χ1v) is 5.98. The molecule has 0 heterocycles. The molecule has 0 saturated carbocycles. The zero-order valence-electron chi connectivity index (χ0n) is 9.86. The molecule has 0 aromatic heterocycles. The van der Waals surface area contributed by atoms with E-state index in [9.17, 15) is 19.3 Å². The highest BCUT2D eigenvalue weighted by molar-refractivity contribution is 6.18. The van der Waals surface area contributed by atoms with E-state index < -0.39 is 16.7 Å². The van der Waals surface area contributed by atoms with E-state index in [0.717, 1.165) is 18.2 Å². The molecule has 0 radical (unpaired) electrons. The van der Waals surface area contributed by atoms with Crippen LogP contribution in [-0.4, -0.2) is 16.6 Å². The van der Waals surface area contributed by atoms with Crippen molar-refractivity contribution in [2.45, 2.75) is 19.8 Å². The molecule has 1 atom stereocenters. The number of carbonyl (C=O) groups excluding carboxylic acids is 1. The molecule has 18 heavy (non-hydrogen) atoms. The Hall–Kier alpha value is -1.49. The van der Waals surface area contributed by atoms with Crippen LogP contribution in [0.2, 0.25) is 0 Å². The van der Waals surface area contributed by atoms with Crippen LogP contribution in [0.4, 0.5) is 10.1 Å². The van der Waals surface area contributed by atoms with Crippen LogP contribution in [0.1, 0.15) is 18.9 Å². The number of nitro groups is 1. The van der Waals surface area contributed by atoms with Gasteiger partial charge >= 0.3 is 0 Å². The van der Waals surface area contributed by atoms with E-state index in [1.165, 1.54) is 6.92 Å². The predicted molar refractivity (Wildman–Crippen MR) is 66.3 cm³/mol. The van der Waals surface area contributed by atoms with E-state index in [0.29, 0.717) is 6.42 Å². The van der Waals surface area contributed by atoms with Gasteiger partial charge in [0.15, 0.2) is 0 Å². The topological polar surface area (TPSA) is 60.2 Å². The summed E-state index contributed by atoms with van der Waals surface area (Å²) in [6.45, 7) is 1.41. The molecule has 0 aliphatic heterocycles. The summed E-state index contributed by atoms with van der Waals surface area (Å²) in [5.41, 5.74) is 0.0579. The van der Waals surface area contributed by atoms with Crippen LogP contribution < -0.4 is 0 Å². The minimum Gasteiger partial charge on any atom is -0.300 e. The third-order valence-electron chi connectivity index (χ3n) is 2.74. The number of hydrogen-bond acceptors (Lipinski definition) is 3. The molecule has 4 nitrogen and oxygen atoms in total. The second-order valence-corrected chi connectivity index (χ2v) is 4.40. The van der Waals surface area contributed by atoms with Gasteiger partial charge in [-0.3, -0.25) is 14.9 Å². The second kappa shape index (κ2) is 6.44. The lowest BCUT2D eigenvalue weighted by atomic mass is 9.92. The molecule has 1 unspecified atom stereocenters. The number of nitro benzene ring substituents is 1. The van der Waals surface area contributed by atoms with Gasteiger partial charge in [-0.15, -0.1) is 11.6 Å². The summed E-state index contributed by atoms with van der Waals surface area (Å²) >= 11 is 5.58. The Morgan fingerprint density at radius 3 is 2.72 bits per heavy atom. The molecule has 1 aromatic carbocycles. The number of Topliss-reactive ketones (excluding diaryl/α,β-unsaturated/α-hetero) is 1. The summed E-state index contributed by atoms with van der Waals surface area (Å²) in [4.78, 5) is 21.6. The first-order valence-electron chi connectivity index (χ1n) is 5.45. The fourth-order valence-corrected chi connectivity index (χ4v) is 2.01. The molecule has 0 aliphatic carbocycles. The van der Waals surface area contributed by atoms with Crippen molar-refractivity contribution < 1.29 is 14.1 Å². The highest BCUT2D eigenvalue weighted by atomic mass is 35.5. The Balaban J connectivity index is 3.03. The van der Waals surface area contributed by atoms with Crippen LogP contribution in [-0.2, 0) is 11.2 Å². The Morgan fingerprint density at radius 1 is 1.56 bits per heavy atom. The molecule has 0 fully saturated rings. The van der Waals surface area contributed by atoms with Crippen molar-refractivity contribution in [1.82, 2.24) is 0 Å². The predicted octanol–water partition coefficient (Wildman–Crippen LogP) is 3.11. The second-order valence-electron chi connectivity index (χ2n) is 4.02. The van der Waals surface area contributed by atoms with Crippen molar-refractivity contribution >= 4 is 23.1 Å². The summed E-state index contributed by atoms with van der Waals surface area (Å²) < 4.78 is 13.1. The van der Waals surface area contributed by atoms with Crippen molar-refractivity contribution in [1.29, 1.82) is 0 Å². The zero-order chi connectivity index (χ0) is 13.7. The first-order chi connectivity index (χ1) is 8.45. The van der Waals surface area contributed by atoms with Crippen molar-refractivity contribution in [2.75, 3.05) is 5.88 Å². The monoisotopic (exact) mass is 273 g/mol. The number of rotatable bonds is 6. The maximum atomic E-state index is 13.1. The lowest BCUT2D eigenvalue weighted by Crippen LogP contribution is -2.15. The summed E-state index contributed by atoms with van der Waals surface area (Å²) in [6.07, 6.45) is 0.556. The number of benzene rings is 1. The number of alkyl halides is 1. The van der Waals surface area contributed by atoms with Gasteiger partial charge in [0.05, 0.1) is 4.92 Å². The molecule has 0 amide bonds. The normalized spacial score (nSPS) is 12.2. The summed E-state index contributed by atoms with van der Waals surface area (Å²) in [5.74, 6) is -0.783. The maximum absolute atomic E-state index is 13.1. The average Bonchev–Trinajstić information content (AvgIpc) is 2.28. The number of nitrogens with zero attached hydrogens (tertiary/aromatic N) is 1. The number of ketones is 1. The van der Waals surface area contributed by atoms with Gasteiger partial charge in [0.2, 0.25) is 0 Å². The van der Waals surface area contributed by atoms with Gasteiger partial charge in [-0.25, -0.2) is 4.39 Å². The molecular weight excluding hydrogens is 261 g/mol. The molecule has 1 rings (SSSR count). The Bertz CT molecular complexity index is 465. The van der Waals surface area contributed by atoms with Gasteiger partial charge in [0.25, 0.3) is 5.69 Å². The maximum Gasteiger partial charge on any atom is 0.272 e.